The van der Waals surface area contributed by atoms with E-state index in [9.17, 15) is 9.60 Å². The average molecular weight is 244 g/mol. The van der Waals surface area contributed by atoms with Crippen LogP contribution in [0, 0.1) is 22.4 Å². The van der Waals surface area contributed by atoms with Gasteiger partial charge in [-0.1, -0.05) is 0 Å². The van der Waals surface area contributed by atoms with Crippen LogP contribution in [-0.2, 0) is 0 Å². The van der Waals surface area contributed by atoms with E-state index in [2.05, 4.69) is 10.3 Å². The van der Waals surface area contributed by atoms with Crippen molar-refractivity contribution in [2.75, 3.05) is 5.32 Å². The first-order valence-corrected chi connectivity index (χ1v) is 5.11. The molecular formula is C12H9FN4O. The van der Waals surface area contributed by atoms with E-state index in [4.69, 9.17) is 5.26 Å². The van der Waals surface area contributed by atoms with Gasteiger partial charge in [-0.2, -0.15) is 5.26 Å². The van der Waals surface area contributed by atoms with Crippen LogP contribution in [0.2, 0.25) is 0 Å². The Kier molecular flexibility index (Phi) is 3.48. The normalized spacial score (nSPS) is 9.83. The third-order valence-corrected chi connectivity index (χ3v) is 2.28. The highest BCUT2D eigenvalue weighted by Crippen LogP contribution is 2.18. The number of anilines is 2. The number of nitrogens with two attached hydrogens (primary N) is 1. The number of rotatable bonds is 3. The van der Waals surface area contributed by atoms with Crippen molar-refractivity contribution in [1.82, 2.24) is 4.98 Å². The van der Waals surface area contributed by atoms with E-state index in [-0.39, 0.29) is 5.56 Å². The summed E-state index contributed by atoms with van der Waals surface area (Å²) in [6.07, 6.45) is 1.49. The number of aromatic nitrogens is 1. The summed E-state index contributed by atoms with van der Waals surface area (Å²) in [6.45, 7) is 0. The minimum absolute atomic E-state index is 0.0495. The Bertz CT molecular complexity index is 609. The van der Waals surface area contributed by atoms with Crippen molar-refractivity contribution in [3.63, 3.8) is 0 Å². The molecule has 0 bridgehead atoms. The number of hydrogen-bond donors (Lipinski definition) is 2. The van der Waals surface area contributed by atoms with Crippen LogP contribution in [0.5, 0.6) is 0 Å². The Hall–Kier alpha value is -2.49. The molecule has 6 heteroatoms. The van der Waals surface area contributed by atoms with E-state index in [0.717, 1.165) is 0 Å². The maximum atomic E-state index is 13.1. The lowest BCUT2D eigenvalue weighted by Crippen LogP contribution is -2.70. The molecule has 0 atom stereocenters. The summed E-state index contributed by atoms with van der Waals surface area (Å²) in [5.74, 6) is -0.118. The highest BCUT2D eigenvalue weighted by atomic mass is 19.1. The van der Waals surface area contributed by atoms with Gasteiger partial charge in [0, 0.05) is 24.0 Å². The fourth-order valence-electron chi connectivity index (χ4n) is 1.43. The number of nitriles is 1. The maximum absolute atomic E-state index is 13.1. The third-order valence-electron chi connectivity index (χ3n) is 2.28. The number of quaternary nitrogens is 1. The quantitative estimate of drug-likeness (QED) is 0.801. The number of halogens is 1. The van der Waals surface area contributed by atoms with E-state index < -0.39 is 5.82 Å². The zero-order valence-electron chi connectivity index (χ0n) is 9.22. The summed E-state index contributed by atoms with van der Waals surface area (Å²) in [5.41, 5.74) is 1.67. The van der Waals surface area contributed by atoms with E-state index >= 15 is 0 Å². The second-order valence-corrected chi connectivity index (χ2v) is 3.52. The van der Waals surface area contributed by atoms with Gasteiger partial charge in [-0.3, -0.25) is 0 Å². The van der Waals surface area contributed by atoms with Gasteiger partial charge in [0.05, 0.1) is 5.56 Å². The van der Waals surface area contributed by atoms with Gasteiger partial charge in [0.1, 0.15) is 23.4 Å². The van der Waals surface area contributed by atoms with Crippen LogP contribution in [0.4, 0.5) is 21.6 Å². The summed E-state index contributed by atoms with van der Waals surface area (Å²) in [4.78, 5) is 4.01. The minimum atomic E-state index is -0.572. The molecule has 0 unspecified atom stereocenters. The van der Waals surface area contributed by atoms with Crippen molar-refractivity contribution >= 4 is 17.2 Å². The van der Waals surface area contributed by atoms with Crippen molar-refractivity contribution in [2.45, 2.75) is 0 Å². The molecule has 2 aromatic rings. The van der Waals surface area contributed by atoms with Crippen molar-refractivity contribution in [1.29, 1.82) is 5.26 Å². The highest BCUT2D eigenvalue weighted by Gasteiger charge is 2.04. The van der Waals surface area contributed by atoms with Crippen molar-refractivity contribution in [2.24, 2.45) is 0 Å². The van der Waals surface area contributed by atoms with Gasteiger partial charge >= 0.3 is 0 Å². The second kappa shape index (κ2) is 5.23. The van der Waals surface area contributed by atoms with Crippen LogP contribution < -0.4 is 10.8 Å². The molecular weight excluding hydrogens is 235 g/mol. The summed E-state index contributed by atoms with van der Waals surface area (Å²) in [6, 6.07) is 8.95. The predicted octanol–water partition coefficient (Wildman–Crippen LogP) is 1.53. The zero-order valence-corrected chi connectivity index (χ0v) is 9.22. The molecule has 0 amide bonds. The molecule has 5 nitrogen and oxygen atoms in total. The molecule has 0 radical (unpaired) electrons. The molecule has 2 rings (SSSR count). The minimum Gasteiger partial charge on any atom is -0.630 e. The number of benzene rings is 1. The maximum Gasteiger partial charge on any atom is 0.141 e. The zero-order chi connectivity index (χ0) is 13.0. The number of pyridine rings is 1. The lowest BCUT2D eigenvalue weighted by molar-refractivity contribution is -0.497. The molecule has 0 aliphatic heterocycles. The first-order valence-electron chi connectivity index (χ1n) is 5.11. The van der Waals surface area contributed by atoms with Gasteiger partial charge in [0.15, 0.2) is 0 Å². The number of nitrogens with one attached hydrogen (secondary N) is 1. The average Bonchev–Trinajstić information content (AvgIpc) is 2.41. The van der Waals surface area contributed by atoms with Crippen molar-refractivity contribution < 1.29 is 9.87 Å². The fraction of sp³-hybridized carbons (Fsp3) is 0. The van der Waals surface area contributed by atoms with E-state index in [1.165, 1.54) is 24.4 Å². The molecule has 90 valence electrons. The van der Waals surface area contributed by atoms with Crippen LogP contribution >= 0.6 is 0 Å². The van der Waals surface area contributed by atoms with Gasteiger partial charge in [0.2, 0.25) is 0 Å². The molecule has 0 saturated heterocycles. The highest BCUT2D eigenvalue weighted by molar-refractivity contribution is 5.60. The lowest BCUT2D eigenvalue weighted by Gasteiger charge is -2.07. The standard InChI is InChI=1S/C12H9FN4O/c13-11-2-1-9(5-8(11)7-14)16-12-6-10(17-18)3-4-15-12/h1-6H,17H2,(H,15,16). The van der Waals surface area contributed by atoms with E-state index in [1.807, 2.05) is 0 Å². The van der Waals surface area contributed by atoms with Crippen molar-refractivity contribution in [3.8, 4) is 6.07 Å². The monoisotopic (exact) mass is 244 g/mol. The van der Waals surface area contributed by atoms with E-state index in [1.54, 1.807) is 18.2 Å². The van der Waals surface area contributed by atoms with Gasteiger partial charge in [-0.15, -0.1) is 0 Å². The SMILES string of the molecule is N#Cc1cc(Nc2cc([NH2+][O-])ccn2)ccc1F. The molecule has 0 aliphatic rings. The third kappa shape index (κ3) is 2.60. The summed E-state index contributed by atoms with van der Waals surface area (Å²) in [5, 5.41) is 22.2. The summed E-state index contributed by atoms with van der Waals surface area (Å²) < 4.78 is 13.1. The van der Waals surface area contributed by atoms with E-state index in [0.29, 0.717) is 22.7 Å². The Morgan fingerprint density at radius 3 is 2.89 bits per heavy atom. The van der Waals surface area contributed by atoms with Gasteiger partial charge in [-0.25, -0.2) is 9.37 Å². The van der Waals surface area contributed by atoms with Gasteiger partial charge in [-0.05, 0) is 18.2 Å². The van der Waals surface area contributed by atoms with Crippen LogP contribution in [0.25, 0.3) is 0 Å². The molecule has 18 heavy (non-hydrogen) atoms. The molecule has 1 aromatic heterocycles. The van der Waals surface area contributed by atoms with Crippen LogP contribution in [0.3, 0.4) is 0 Å². The molecule has 0 saturated carbocycles. The lowest BCUT2D eigenvalue weighted by atomic mass is 10.2. The predicted molar refractivity (Wildman–Crippen MR) is 63.6 cm³/mol. The molecule has 1 heterocycles. The molecule has 0 fully saturated rings. The van der Waals surface area contributed by atoms with Crippen molar-refractivity contribution in [3.05, 3.63) is 53.1 Å². The second-order valence-electron chi connectivity index (χ2n) is 3.52. The Morgan fingerprint density at radius 1 is 1.33 bits per heavy atom. The molecule has 1 aromatic carbocycles. The Labute approximate surface area is 102 Å². The Balaban J connectivity index is 2.26. The number of hydrogen-bond acceptors (Lipinski definition) is 4. The molecule has 3 N–H and O–H groups in total. The van der Waals surface area contributed by atoms with Crippen LogP contribution in [0.15, 0.2) is 36.5 Å². The smallest absolute Gasteiger partial charge is 0.141 e. The number of nitrogens with zero attached hydrogens (tertiary/aromatic N) is 2. The molecule has 0 aliphatic carbocycles. The first kappa shape index (κ1) is 12.0. The van der Waals surface area contributed by atoms with Gasteiger partial charge in [0.25, 0.3) is 0 Å². The largest absolute Gasteiger partial charge is 0.630 e. The topological polar surface area (TPSA) is 88.4 Å². The van der Waals surface area contributed by atoms with Gasteiger partial charge < -0.3 is 16.0 Å². The summed E-state index contributed by atoms with van der Waals surface area (Å²) >= 11 is 0. The van der Waals surface area contributed by atoms with Crippen LogP contribution in [0.1, 0.15) is 5.56 Å². The first-order chi connectivity index (χ1) is 8.72. The van der Waals surface area contributed by atoms with Crippen LogP contribution in [-0.4, -0.2) is 4.98 Å². The Morgan fingerprint density at radius 2 is 2.17 bits per heavy atom. The summed E-state index contributed by atoms with van der Waals surface area (Å²) in [7, 11) is 0. The molecule has 0 spiro atoms. The fourth-order valence-corrected chi connectivity index (χ4v) is 1.43.